The van der Waals surface area contributed by atoms with Gasteiger partial charge < -0.3 is 9.15 Å². The van der Waals surface area contributed by atoms with E-state index in [1.165, 1.54) is 25.8 Å². The van der Waals surface area contributed by atoms with Crippen molar-refractivity contribution in [3.05, 3.63) is 48.6 Å². The van der Waals surface area contributed by atoms with E-state index < -0.39 is 10.0 Å². The molecule has 8 nitrogen and oxygen atoms in total. The molecule has 0 radical (unpaired) electrons. The molecule has 0 bridgehead atoms. The summed E-state index contributed by atoms with van der Waals surface area (Å²) in [6, 6.07) is 6.55. The minimum atomic E-state index is -3.88. The standard InChI is InChI=1S/C15H14N4O4S/c1-10-3-4-11(13-8-16-9-23-13)7-12(10)19-24(20,21)14-5-6-17-15(18-14)22-2/h3-9,19H,1-2H3. The number of aromatic nitrogens is 3. The lowest BCUT2D eigenvalue weighted by molar-refractivity contribution is 0.375. The normalized spacial score (nSPS) is 11.2. The molecule has 0 fully saturated rings. The average Bonchev–Trinajstić information content (AvgIpc) is 3.11. The highest BCUT2D eigenvalue weighted by molar-refractivity contribution is 7.92. The van der Waals surface area contributed by atoms with Crippen LogP contribution in [-0.2, 0) is 10.0 Å². The molecule has 0 aliphatic carbocycles. The van der Waals surface area contributed by atoms with E-state index in [4.69, 9.17) is 9.15 Å². The summed E-state index contributed by atoms with van der Waals surface area (Å²) in [5.41, 5.74) is 1.88. The second kappa shape index (κ2) is 6.28. The first-order valence-corrected chi connectivity index (χ1v) is 8.37. The van der Waals surface area contributed by atoms with Crippen molar-refractivity contribution in [3.63, 3.8) is 0 Å². The van der Waals surface area contributed by atoms with E-state index in [0.29, 0.717) is 17.0 Å². The fourth-order valence-corrected chi connectivity index (χ4v) is 3.07. The van der Waals surface area contributed by atoms with Crippen LogP contribution in [0.2, 0.25) is 0 Å². The molecule has 3 rings (SSSR count). The number of aryl methyl sites for hydroxylation is 1. The van der Waals surface area contributed by atoms with Gasteiger partial charge in [0.25, 0.3) is 10.0 Å². The molecule has 24 heavy (non-hydrogen) atoms. The largest absolute Gasteiger partial charge is 0.467 e. The van der Waals surface area contributed by atoms with Gasteiger partial charge in [-0.1, -0.05) is 12.1 Å². The Kier molecular flexibility index (Phi) is 4.17. The van der Waals surface area contributed by atoms with Crippen LogP contribution >= 0.6 is 0 Å². The van der Waals surface area contributed by atoms with Crippen LogP contribution in [0.4, 0.5) is 5.69 Å². The third-order valence-corrected chi connectivity index (χ3v) is 4.53. The van der Waals surface area contributed by atoms with Gasteiger partial charge in [-0.15, -0.1) is 0 Å². The molecule has 1 N–H and O–H groups in total. The molecule has 3 aromatic rings. The van der Waals surface area contributed by atoms with Gasteiger partial charge in [-0.2, -0.15) is 13.4 Å². The molecule has 124 valence electrons. The van der Waals surface area contributed by atoms with Crippen LogP contribution < -0.4 is 9.46 Å². The highest BCUT2D eigenvalue weighted by atomic mass is 32.2. The van der Waals surface area contributed by atoms with Gasteiger partial charge in [-0.25, -0.2) is 9.97 Å². The highest BCUT2D eigenvalue weighted by Crippen LogP contribution is 2.26. The predicted octanol–water partition coefficient (Wildman–Crippen LogP) is 2.25. The topological polar surface area (TPSA) is 107 Å². The molecule has 0 aliphatic heterocycles. The van der Waals surface area contributed by atoms with Crippen molar-refractivity contribution in [1.82, 2.24) is 15.0 Å². The van der Waals surface area contributed by atoms with Gasteiger partial charge in [0.1, 0.15) is 0 Å². The molecular weight excluding hydrogens is 332 g/mol. The van der Waals surface area contributed by atoms with Crippen molar-refractivity contribution in [2.24, 2.45) is 0 Å². The SMILES string of the molecule is COc1nccc(S(=O)(=O)Nc2cc(-c3cnco3)ccc2C)n1. The van der Waals surface area contributed by atoms with Gasteiger partial charge in [-0.05, 0) is 24.6 Å². The Bertz CT molecular complexity index is 955. The van der Waals surface area contributed by atoms with Crippen LogP contribution in [0.15, 0.2) is 52.5 Å². The zero-order valence-electron chi connectivity index (χ0n) is 12.9. The summed E-state index contributed by atoms with van der Waals surface area (Å²) in [7, 11) is -2.52. The Morgan fingerprint density at radius 3 is 2.79 bits per heavy atom. The maximum atomic E-state index is 12.5. The van der Waals surface area contributed by atoms with Gasteiger partial charge in [0, 0.05) is 11.8 Å². The number of anilines is 1. The fraction of sp³-hybridized carbons (Fsp3) is 0.133. The van der Waals surface area contributed by atoms with Crippen LogP contribution in [0.25, 0.3) is 11.3 Å². The zero-order chi connectivity index (χ0) is 17.2. The molecule has 1 aromatic carbocycles. The third kappa shape index (κ3) is 3.20. The molecule has 0 atom stereocenters. The maximum Gasteiger partial charge on any atom is 0.317 e. The molecule has 0 unspecified atom stereocenters. The smallest absolute Gasteiger partial charge is 0.317 e. The summed E-state index contributed by atoms with van der Waals surface area (Å²) in [5, 5.41) is -0.182. The molecule has 0 amide bonds. The van der Waals surface area contributed by atoms with Gasteiger partial charge in [0.15, 0.2) is 17.2 Å². The highest BCUT2D eigenvalue weighted by Gasteiger charge is 2.19. The minimum absolute atomic E-state index is 0.0231. The summed E-state index contributed by atoms with van der Waals surface area (Å²) in [6.07, 6.45) is 4.18. The third-order valence-electron chi connectivity index (χ3n) is 3.26. The van der Waals surface area contributed by atoms with Crippen molar-refractivity contribution in [1.29, 1.82) is 0 Å². The second-order valence-electron chi connectivity index (χ2n) is 4.88. The van der Waals surface area contributed by atoms with Crippen LogP contribution in [0.5, 0.6) is 6.01 Å². The summed E-state index contributed by atoms with van der Waals surface area (Å²) in [6.45, 7) is 1.79. The molecule has 0 saturated heterocycles. The van der Waals surface area contributed by atoms with Gasteiger partial charge in [-0.3, -0.25) is 4.72 Å². The van der Waals surface area contributed by atoms with E-state index in [0.717, 1.165) is 5.56 Å². The summed E-state index contributed by atoms with van der Waals surface area (Å²) in [4.78, 5) is 11.5. The first-order chi connectivity index (χ1) is 11.5. The van der Waals surface area contributed by atoms with Crippen LogP contribution in [0.1, 0.15) is 5.56 Å². The molecular formula is C15H14N4O4S. The number of oxazole rings is 1. The van der Waals surface area contributed by atoms with E-state index >= 15 is 0 Å². The number of hydrogen-bond donors (Lipinski definition) is 1. The van der Waals surface area contributed by atoms with E-state index in [1.807, 2.05) is 6.07 Å². The first-order valence-electron chi connectivity index (χ1n) is 6.89. The summed E-state index contributed by atoms with van der Waals surface area (Å²) >= 11 is 0. The Hall–Kier alpha value is -2.94. The number of rotatable bonds is 5. The lowest BCUT2D eigenvalue weighted by atomic mass is 10.1. The van der Waals surface area contributed by atoms with Crippen LogP contribution in [0, 0.1) is 6.92 Å². The molecule has 0 saturated carbocycles. The van der Waals surface area contributed by atoms with Gasteiger partial charge in [0.2, 0.25) is 0 Å². The van der Waals surface area contributed by atoms with Gasteiger partial charge in [0.05, 0.1) is 19.0 Å². The lowest BCUT2D eigenvalue weighted by Gasteiger charge is -2.11. The fourth-order valence-electron chi connectivity index (χ4n) is 2.01. The molecule has 0 spiro atoms. The van der Waals surface area contributed by atoms with E-state index in [9.17, 15) is 8.42 Å². The van der Waals surface area contributed by atoms with Crippen LogP contribution in [-0.4, -0.2) is 30.5 Å². The number of ether oxygens (including phenoxy) is 1. The number of nitrogens with zero attached hydrogens (tertiary/aromatic N) is 3. The first kappa shape index (κ1) is 15.9. The minimum Gasteiger partial charge on any atom is -0.467 e. The maximum absolute atomic E-state index is 12.5. The van der Waals surface area contributed by atoms with E-state index in [1.54, 1.807) is 25.3 Å². The summed E-state index contributed by atoms with van der Waals surface area (Å²) in [5.74, 6) is 0.541. The predicted molar refractivity (Wildman–Crippen MR) is 86.1 cm³/mol. The molecule has 2 aromatic heterocycles. The number of methoxy groups -OCH3 is 1. The zero-order valence-corrected chi connectivity index (χ0v) is 13.7. The average molecular weight is 346 g/mol. The monoisotopic (exact) mass is 346 g/mol. The number of benzene rings is 1. The quantitative estimate of drug-likeness (QED) is 0.706. The molecule has 9 heteroatoms. The van der Waals surface area contributed by atoms with Crippen molar-refractivity contribution in [2.75, 3.05) is 11.8 Å². The van der Waals surface area contributed by atoms with Crippen molar-refractivity contribution in [3.8, 4) is 17.3 Å². The molecule has 0 aliphatic rings. The second-order valence-corrected chi connectivity index (χ2v) is 6.51. The lowest BCUT2D eigenvalue weighted by Crippen LogP contribution is -2.15. The van der Waals surface area contributed by atoms with Crippen LogP contribution in [0.3, 0.4) is 0 Å². The Morgan fingerprint density at radius 1 is 1.25 bits per heavy atom. The number of hydrogen-bond acceptors (Lipinski definition) is 7. The van der Waals surface area contributed by atoms with Gasteiger partial charge >= 0.3 is 6.01 Å². The van der Waals surface area contributed by atoms with E-state index in [-0.39, 0.29) is 11.0 Å². The Labute approximate surface area is 138 Å². The Morgan fingerprint density at radius 2 is 2.08 bits per heavy atom. The Balaban J connectivity index is 1.96. The van der Waals surface area contributed by atoms with Crippen molar-refractivity contribution < 1.29 is 17.6 Å². The van der Waals surface area contributed by atoms with Crippen molar-refractivity contribution >= 4 is 15.7 Å². The van der Waals surface area contributed by atoms with E-state index in [2.05, 4.69) is 19.7 Å². The van der Waals surface area contributed by atoms with Crippen molar-refractivity contribution in [2.45, 2.75) is 11.9 Å². The number of sulfonamides is 1. The summed E-state index contributed by atoms with van der Waals surface area (Å²) < 4.78 is 37.7. The molecule has 2 heterocycles. The number of nitrogens with one attached hydrogen (secondary N) is 1.